The fourth-order valence-electron chi connectivity index (χ4n) is 3.68. The van der Waals surface area contributed by atoms with Crippen LogP contribution in [0.15, 0.2) is 42.5 Å². The summed E-state index contributed by atoms with van der Waals surface area (Å²) in [7, 11) is 0. The van der Waals surface area contributed by atoms with E-state index in [2.05, 4.69) is 5.32 Å². The van der Waals surface area contributed by atoms with Crippen molar-refractivity contribution in [2.24, 2.45) is 0 Å². The maximum atomic E-state index is 13.4. The number of hydrogen-bond acceptors (Lipinski definition) is 7. The highest BCUT2D eigenvalue weighted by Crippen LogP contribution is 2.42. The third-order valence-electron chi connectivity index (χ3n) is 5.02. The molecule has 1 amide bonds. The van der Waals surface area contributed by atoms with Crippen LogP contribution in [0.25, 0.3) is 11.1 Å². The summed E-state index contributed by atoms with van der Waals surface area (Å²) in [4.78, 5) is 27.2. The predicted molar refractivity (Wildman–Crippen MR) is 138 cm³/mol. The van der Waals surface area contributed by atoms with Gasteiger partial charge in [-0.05, 0) is 52.3 Å². The van der Waals surface area contributed by atoms with E-state index in [4.69, 9.17) is 18.9 Å². The van der Waals surface area contributed by atoms with E-state index in [0.717, 1.165) is 16.0 Å². The van der Waals surface area contributed by atoms with Gasteiger partial charge in [0.05, 0.1) is 26.4 Å². The molecular weight excluding hydrogens is 466 g/mol. The van der Waals surface area contributed by atoms with Crippen molar-refractivity contribution in [2.75, 3.05) is 31.7 Å². The summed E-state index contributed by atoms with van der Waals surface area (Å²) < 4.78 is 22.5. The first kappa shape index (κ1) is 26.1. The summed E-state index contributed by atoms with van der Waals surface area (Å²) in [6, 6.07) is 12.8. The van der Waals surface area contributed by atoms with E-state index in [9.17, 15) is 9.59 Å². The quantitative estimate of drug-likeness (QED) is 0.311. The van der Waals surface area contributed by atoms with Crippen LogP contribution >= 0.6 is 11.3 Å². The fraction of sp³-hybridized carbons (Fsp3) is 0.333. The number of aryl methyl sites for hydroxylation is 1. The molecular formula is C27H31NO6S. The monoisotopic (exact) mass is 497 g/mol. The summed E-state index contributed by atoms with van der Waals surface area (Å²) in [5.74, 6) is 0.411. The first-order valence-electron chi connectivity index (χ1n) is 11.7. The number of nitrogens with one attached hydrogen (secondary N) is 1. The van der Waals surface area contributed by atoms with E-state index in [0.29, 0.717) is 53.2 Å². The number of thiophene rings is 1. The second-order valence-electron chi connectivity index (χ2n) is 7.38. The third-order valence-corrected chi connectivity index (χ3v) is 6.05. The zero-order valence-electron chi connectivity index (χ0n) is 20.7. The molecule has 1 aromatic heterocycles. The molecule has 0 spiro atoms. The van der Waals surface area contributed by atoms with Gasteiger partial charge in [0.15, 0.2) is 11.5 Å². The number of carbonyl (C=O) groups is 2. The molecule has 0 aliphatic heterocycles. The van der Waals surface area contributed by atoms with Gasteiger partial charge in [-0.15, -0.1) is 11.3 Å². The Bertz CT molecular complexity index is 1140. The zero-order valence-corrected chi connectivity index (χ0v) is 21.5. The molecule has 0 unspecified atom stereocenters. The maximum absolute atomic E-state index is 13.4. The summed E-state index contributed by atoms with van der Waals surface area (Å²) in [6.45, 7) is 10.7. The van der Waals surface area contributed by atoms with E-state index in [1.54, 1.807) is 19.1 Å². The largest absolute Gasteiger partial charge is 0.490 e. The van der Waals surface area contributed by atoms with Crippen molar-refractivity contribution in [1.29, 1.82) is 0 Å². The number of ether oxygens (including phenoxy) is 4. The van der Waals surface area contributed by atoms with Gasteiger partial charge >= 0.3 is 5.97 Å². The minimum atomic E-state index is -0.484. The van der Waals surface area contributed by atoms with Gasteiger partial charge in [-0.3, -0.25) is 4.79 Å². The molecule has 0 saturated carbocycles. The summed E-state index contributed by atoms with van der Waals surface area (Å²) in [6.07, 6.45) is 0. The van der Waals surface area contributed by atoms with Crippen molar-refractivity contribution in [1.82, 2.24) is 0 Å². The molecule has 1 heterocycles. The molecule has 3 aromatic rings. The number of rotatable bonds is 11. The molecule has 0 fully saturated rings. The Labute approximate surface area is 210 Å². The van der Waals surface area contributed by atoms with Gasteiger partial charge in [0, 0.05) is 16.0 Å². The van der Waals surface area contributed by atoms with Gasteiger partial charge in [-0.2, -0.15) is 0 Å². The molecule has 0 aliphatic carbocycles. The molecule has 186 valence electrons. The summed E-state index contributed by atoms with van der Waals surface area (Å²) in [5.41, 5.74) is 2.29. The highest BCUT2D eigenvalue weighted by atomic mass is 32.1. The van der Waals surface area contributed by atoms with Crippen LogP contribution in [0, 0.1) is 6.92 Å². The normalized spacial score (nSPS) is 10.5. The number of carbonyl (C=O) groups excluding carboxylic acids is 2. The Balaban J connectivity index is 2.06. The van der Waals surface area contributed by atoms with Crippen molar-refractivity contribution in [3.63, 3.8) is 0 Å². The van der Waals surface area contributed by atoms with Crippen LogP contribution in [0.4, 0.5) is 5.00 Å². The Morgan fingerprint density at radius 2 is 1.46 bits per heavy atom. The Morgan fingerprint density at radius 1 is 0.857 bits per heavy atom. The Hall–Kier alpha value is -3.52. The van der Waals surface area contributed by atoms with Crippen LogP contribution in [-0.4, -0.2) is 38.3 Å². The highest BCUT2D eigenvalue weighted by molar-refractivity contribution is 7.17. The van der Waals surface area contributed by atoms with Crippen LogP contribution in [0.3, 0.4) is 0 Å². The lowest BCUT2D eigenvalue weighted by molar-refractivity contribution is 0.0529. The molecule has 2 aromatic carbocycles. The lowest BCUT2D eigenvalue weighted by Crippen LogP contribution is -2.15. The lowest BCUT2D eigenvalue weighted by atomic mass is 10.0. The minimum Gasteiger partial charge on any atom is -0.490 e. The molecule has 3 rings (SSSR count). The van der Waals surface area contributed by atoms with Crippen LogP contribution < -0.4 is 19.5 Å². The predicted octanol–water partition coefficient (Wildman–Crippen LogP) is 6.35. The molecule has 0 aliphatic rings. The number of amides is 1. The topological polar surface area (TPSA) is 83.1 Å². The van der Waals surface area contributed by atoms with E-state index < -0.39 is 11.9 Å². The fourth-order valence-corrected chi connectivity index (χ4v) is 4.74. The molecule has 35 heavy (non-hydrogen) atoms. The third kappa shape index (κ3) is 5.95. The van der Waals surface area contributed by atoms with E-state index in [1.165, 1.54) is 11.3 Å². The average Bonchev–Trinajstić information content (AvgIpc) is 3.17. The van der Waals surface area contributed by atoms with Crippen LogP contribution in [-0.2, 0) is 4.74 Å². The van der Waals surface area contributed by atoms with Crippen molar-refractivity contribution < 1.29 is 28.5 Å². The van der Waals surface area contributed by atoms with Crippen molar-refractivity contribution >= 4 is 28.2 Å². The van der Waals surface area contributed by atoms with E-state index >= 15 is 0 Å². The van der Waals surface area contributed by atoms with Gasteiger partial charge in [0.25, 0.3) is 5.91 Å². The standard InChI is InChI=1S/C27H31NO6S/c1-6-31-20-15-19(16-21(32-7-2)24(20)33-8-3)25(29)28-26-23(27(30)34-9-4)22(17(5)35-26)18-13-11-10-12-14-18/h10-16H,6-9H2,1-5H3,(H,28,29). The van der Waals surface area contributed by atoms with Crippen molar-refractivity contribution in [2.45, 2.75) is 34.6 Å². The van der Waals surface area contributed by atoms with E-state index in [-0.39, 0.29) is 6.61 Å². The van der Waals surface area contributed by atoms with Gasteiger partial charge in [0.1, 0.15) is 10.6 Å². The zero-order chi connectivity index (χ0) is 25.4. The first-order chi connectivity index (χ1) is 16.9. The molecule has 8 heteroatoms. The SMILES string of the molecule is CCOC(=O)c1c(NC(=O)c2cc(OCC)c(OCC)c(OCC)c2)sc(C)c1-c1ccccc1. The van der Waals surface area contributed by atoms with Crippen LogP contribution in [0.1, 0.15) is 53.3 Å². The molecule has 0 atom stereocenters. The molecule has 0 radical (unpaired) electrons. The molecule has 1 N–H and O–H groups in total. The van der Waals surface area contributed by atoms with Gasteiger partial charge in [0.2, 0.25) is 5.75 Å². The Morgan fingerprint density at radius 3 is 2.00 bits per heavy atom. The minimum absolute atomic E-state index is 0.226. The van der Waals surface area contributed by atoms with Crippen LogP contribution in [0.5, 0.6) is 17.2 Å². The number of anilines is 1. The first-order valence-corrected chi connectivity index (χ1v) is 12.5. The second-order valence-corrected chi connectivity index (χ2v) is 8.60. The highest BCUT2D eigenvalue weighted by Gasteiger charge is 2.26. The smallest absolute Gasteiger partial charge is 0.341 e. The summed E-state index contributed by atoms with van der Waals surface area (Å²) >= 11 is 1.33. The second kappa shape index (κ2) is 12.3. The summed E-state index contributed by atoms with van der Waals surface area (Å²) in [5, 5.41) is 3.34. The molecule has 0 saturated heterocycles. The van der Waals surface area contributed by atoms with Gasteiger partial charge < -0.3 is 24.3 Å². The van der Waals surface area contributed by atoms with Gasteiger partial charge in [-0.1, -0.05) is 30.3 Å². The lowest BCUT2D eigenvalue weighted by Gasteiger charge is -2.17. The van der Waals surface area contributed by atoms with Gasteiger partial charge in [-0.25, -0.2) is 4.79 Å². The number of hydrogen-bond donors (Lipinski definition) is 1. The number of benzene rings is 2. The average molecular weight is 498 g/mol. The van der Waals surface area contributed by atoms with Crippen molar-refractivity contribution in [3.8, 4) is 28.4 Å². The van der Waals surface area contributed by atoms with E-state index in [1.807, 2.05) is 58.0 Å². The van der Waals surface area contributed by atoms with Crippen LogP contribution in [0.2, 0.25) is 0 Å². The Kier molecular flexibility index (Phi) is 9.14. The molecule has 0 bridgehead atoms. The molecule has 7 nitrogen and oxygen atoms in total. The van der Waals surface area contributed by atoms with Crippen molar-refractivity contribution in [3.05, 3.63) is 58.5 Å². The number of esters is 1. The maximum Gasteiger partial charge on any atom is 0.341 e.